The van der Waals surface area contributed by atoms with E-state index in [2.05, 4.69) is 9.72 Å². The normalized spacial score (nSPS) is 22.5. The molecule has 12 heteroatoms. The van der Waals surface area contributed by atoms with Gasteiger partial charge >= 0.3 is 6.61 Å². The SMILES string of the molecule is CC1(S(=O)(=O)c2ccc(OC(F)F)cc2)CCOC(c2ncc(S(C)(=O)=O)cc2Cl)C1. The molecule has 1 aliphatic rings. The largest absolute Gasteiger partial charge is 0.435 e. The van der Waals surface area contributed by atoms with Crippen molar-refractivity contribution in [3.8, 4) is 5.75 Å². The predicted molar refractivity (Wildman–Crippen MR) is 109 cm³/mol. The summed E-state index contributed by atoms with van der Waals surface area (Å²) in [6.07, 6.45) is 1.63. The van der Waals surface area contributed by atoms with Crippen LogP contribution in [0.2, 0.25) is 5.02 Å². The molecule has 2 atom stereocenters. The Morgan fingerprint density at radius 3 is 2.39 bits per heavy atom. The molecule has 0 spiro atoms. The Bertz CT molecular complexity index is 1170. The average Bonchev–Trinajstić information content (AvgIpc) is 2.67. The first kappa shape index (κ1) is 23.8. The zero-order chi connectivity index (χ0) is 23.0. The molecule has 0 saturated carbocycles. The molecule has 31 heavy (non-hydrogen) atoms. The number of alkyl halides is 2. The molecule has 3 rings (SSSR count). The highest BCUT2D eigenvalue weighted by Gasteiger charge is 2.45. The molecule has 0 amide bonds. The second-order valence-corrected chi connectivity index (χ2v) is 12.3. The monoisotopic (exact) mass is 495 g/mol. The molecular weight excluding hydrogens is 476 g/mol. The van der Waals surface area contributed by atoms with E-state index in [-0.39, 0.29) is 45.7 Å². The summed E-state index contributed by atoms with van der Waals surface area (Å²) in [5.41, 5.74) is 0.246. The van der Waals surface area contributed by atoms with Crippen LogP contribution >= 0.6 is 11.6 Å². The lowest BCUT2D eigenvalue weighted by Gasteiger charge is -2.37. The van der Waals surface area contributed by atoms with Crippen molar-refractivity contribution >= 4 is 31.3 Å². The highest BCUT2D eigenvalue weighted by molar-refractivity contribution is 7.92. The maximum atomic E-state index is 13.3. The molecule has 0 aliphatic carbocycles. The van der Waals surface area contributed by atoms with Gasteiger partial charge in [-0.05, 0) is 50.1 Å². The van der Waals surface area contributed by atoms with E-state index in [1.54, 1.807) is 6.92 Å². The number of sulfone groups is 2. The third-order valence-corrected chi connectivity index (χ3v) is 9.10. The summed E-state index contributed by atoms with van der Waals surface area (Å²) in [6, 6.07) is 6.03. The minimum atomic E-state index is -3.88. The lowest BCUT2D eigenvalue weighted by atomic mass is 9.94. The van der Waals surface area contributed by atoms with Crippen molar-refractivity contribution in [3.05, 3.63) is 47.2 Å². The number of benzene rings is 1. The molecule has 2 heterocycles. The van der Waals surface area contributed by atoms with Gasteiger partial charge in [0.1, 0.15) is 11.9 Å². The van der Waals surface area contributed by atoms with Crippen LogP contribution in [0.25, 0.3) is 0 Å². The average molecular weight is 496 g/mol. The van der Waals surface area contributed by atoms with E-state index in [1.165, 1.54) is 30.3 Å². The van der Waals surface area contributed by atoms with Gasteiger partial charge in [0.15, 0.2) is 19.7 Å². The zero-order valence-corrected chi connectivity index (χ0v) is 19.0. The highest BCUT2D eigenvalue weighted by Crippen LogP contribution is 2.43. The first-order valence-corrected chi connectivity index (χ1v) is 12.9. The molecule has 0 radical (unpaired) electrons. The Morgan fingerprint density at radius 1 is 1.19 bits per heavy atom. The van der Waals surface area contributed by atoms with Gasteiger partial charge in [0.05, 0.1) is 25.3 Å². The van der Waals surface area contributed by atoms with Crippen LogP contribution in [0, 0.1) is 0 Å². The summed E-state index contributed by atoms with van der Waals surface area (Å²) < 4.78 is 83.4. The molecule has 1 aliphatic heterocycles. The fourth-order valence-corrected chi connectivity index (χ4v) is 6.06. The fraction of sp³-hybridized carbons (Fsp3) is 0.421. The second kappa shape index (κ2) is 8.61. The molecule has 170 valence electrons. The van der Waals surface area contributed by atoms with Crippen LogP contribution in [0.4, 0.5) is 8.78 Å². The van der Waals surface area contributed by atoms with Crippen molar-refractivity contribution in [1.82, 2.24) is 4.98 Å². The smallest absolute Gasteiger partial charge is 0.387 e. The molecule has 1 saturated heterocycles. The summed E-state index contributed by atoms with van der Waals surface area (Å²) in [7, 11) is -7.39. The van der Waals surface area contributed by atoms with Crippen LogP contribution in [-0.2, 0) is 24.4 Å². The minimum Gasteiger partial charge on any atom is -0.435 e. The van der Waals surface area contributed by atoms with Gasteiger partial charge < -0.3 is 9.47 Å². The fourth-order valence-electron chi connectivity index (χ4n) is 3.35. The zero-order valence-electron chi connectivity index (χ0n) is 16.6. The maximum Gasteiger partial charge on any atom is 0.387 e. The van der Waals surface area contributed by atoms with Gasteiger partial charge in [0, 0.05) is 19.1 Å². The molecule has 2 aromatic rings. The Kier molecular flexibility index (Phi) is 6.62. The van der Waals surface area contributed by atoms with Crippen LogP contribution in [0.1, 0.15) is 31.6 Å². The maximum absolute atomic E-state index is 13.3. The molecule has 0 bridgehead atoms. The lowest BCUT2D eigenvalue weighted by molar-refractivity contribution is -0.0498. The Labute approximate surface area is 184 Å². The summed E-state index contributed by atoms with van der Waals surface area (Å²) >= 11 is 6.22. The van der Waals surface area contributed by atoms with E-state index >= 15 is 0 Å². The second-order valence-electron chi connectivity index (χ2n) is 7.43. The summed E-state index contributed by atoms with van der Waals surface area (Å²) in [4.78, 5) is 4.01. The standard InChI is InChI=1S/C19H20ClF2NO6S2/c1-19(31(26,27)13-5-3-12(4-6-13)29-18(21)22)7-8-28-16(10-19)17-15(20)9-14(11-23-17)30(2,24)25/h3-6,9,11,16,18H,7-8,10H2,1-2H3. The topological polar surface area (TPSA) is 99.6 Å². The molecule has 7 nitrogen and oxygen atoms in total. The van der Waals surface area contributed by atoms with E-state index in [4.69, 9.17) is 16.3 Å². The summed E-state index contributed by atoms with van der Waals surface area (Å²) in [5.74, 6) is -0.147. The van der Waals surface area contributed by atoms with Gasteiger partial charge in [0.25, 0.3) is 0 Å². The van der Waals surface area contributed by atoms with Gasteiger partial charge in [-0.15, -0.1) is 0 Å². The van der Waals surface area contributed by atoms with E-state index in [9.17, 15) is 25.6 Å². The van der Waals surface area contributed by atoms with Gasteiger partial charge in [-0.2, -0.15) is 8.78 Å². The summed E-state index contributed by atoms with van der Waals surface area (Å²) in [5, 5.41) is 0.0584. The third kappa shape index (κ3) is 5.00. The predicted octanol–water partition coefficient (Wildman–Crippen LogP) is 3.82. The van der Waals surface area contributed by atoms with Crippen molar-refractivity contribution in [3.63, 3.8) is 0 Å². The first-order chi connectivity index (χ1) is 14.3. The Balaban J connectivity index is 1.89. The van der Waals surface area contributed by atoms with Crippen LogP contribution in [-0.4, -0.2) is 46.0 Å². The Hall–Kier alpha value is -1.82. The van der Waals surface area contributed by atoms with Crippen molar-refractivity contribution in [2.45, 2.75) is 47.0 Å². The van der Waals surface area contributed by atoms with Crippen molar-refractivity contribution in [2.75, 3.05) is 12.9 Å². The highest BCUT2D eigenvalue weighted by atomic mass is 35.5. The quantitative estimate of drug-likeness (QED) is 0.600. The van der Waals surface area contributed by atoms with Crippen LogP contribution in [0.5, 0.6) is 5.75 Å². The van der Waals surface area contributed by atoms with Crippen LogP contribution in [0.3, 0.4) is 0 Å². The number of pyridine rings is 1. The molecule has 1 aromatic carbocycles. The number of hydrogen-bond donors (Lipinski definition) is 0. The summed E-state index contributed by atoms with van der Waals surface area (Å²) in [6.45, 7) is -1.33. The van der Waals surface area contributed by atoms with Crippen LogP contribution < -0.4 is 4.74 Å². The number of ether oxygens (including phenoxy) is 2. The van der Waals surface area contributed by atoms with Gasteiger partial charge in [0.2, 0.25) is 0 Å². The molecular formula is C19H20ClF2NO6S2. The van der Waals surface area contributed by atoms with Crippen molar-refractivity contribution in [1.29, 1.82) is 0 Å². The molecule has 2 unspecified atom stereocenters. The molecule has 1 aromatic heterocycles. The van der Waals surface area contributed by atoms with E-state index in [0.29, 0.717) is 0 Å². The van der Waals surface area contributed by atoms with E-state index in [0.717, 1.165) is 12.5 Å². The van der Waals surface area contributed by atoms with Crippen molar-refractivity contribution < 1.29 is 35.1 Å². The third-order valence-electron chi connectivity index (χ3n) is 5.15. The van der Waals surface area contributed by atoms with Gasteiger partial charge in [-0.3, -0.25) is 4.98 Å². The van der Waals surface area contributed by atoms with Crippen LogP contribution in [0.15, 0.2) is 46.3 Å². The van der Waals surface area contributed by atoms with Gasteiger partial charge in [-0.1, -0.05) is 11.6 Å². The lowest BCUT2D eigenvalue weighted by Crippen LogP contribution is -2.42. The number of rotatable bonds is 6. The number of aromatic nitrogens is 1. The van der Waals surface area contributed by atoms with Gasteiger partial charge in [-0.25, -0.2) is 16.8 Å². The number of hydrogen-bond acceptors (Lipinski definition) is 7. The Morgan fingerprint density at radius 2 is 1.84 bits per heavy atom. The van der Waals surface area contributed by atoms with E-state index in [1.807, 2.05) is 0 Å². The number of nitrogens with zero attached hydrogens (tertiary/aromatic N) is 1. The number of halogens is 3. The molecule has 1 fully saturated rings. The molecule has 0 N–H and O–H groups in total. The first-order valence-electron chi connectivity index (χ1n) is 9.10. The van der Waals surface area contributed by atoms with E-state index < -0.39 is 37.1 Å². The van der Waals surface area contributed by atoms with Crippen molar-refractivity contribution in [2.24, 2.45) is 0 Å². The minimum absolute atomic E-state index is 0.0234.